The van der Waals surface area contributed by atoms with Gasteiger partial charge in [-0.3, -0.25) is 0 Å². The van der Waals surface area contributed by atoms with E-state index in [1.54, 1.807) is 14.2 Å². The number of hydrogen-bond acceptors (Lipinski definition) is 2. The molecular weight excluding hydrogens is 140 g/mol. The van der Waals surface area contributed by atoms with E-state index < -0.39 is 0 Å². The molecule has 0 amide bonds. The van der Waals surface area contributed by atoms with Gasteiger partial charge in [0.1, 0.15) is 0 Å². The van der Waals surface area contributed by atoms with Crippen molar-refractivity contribution in [2.45, 2.75) is 26.6 Å². The quantitative estimate of drug-likeness (QED) is 0.580. The minimum Gasteiger partial charge on any atom is -0.356 e. The molecule has 0 aliphatic heterocycles. The highest BCUT2D eigenvalue weighted by atomic mass is 16.7. The first kappa shape index (κ1) is 9.01. The summed E-state index contributed by atoms with van der Waals surface area (Å²) in [6, 6.07) is 0. The zero-order chi connectivity index (χ0) is 8.48. The van der Waals surface area contributed by atoms with E-state index in [9.17, 15) is 0 Å². The van der Waals surface area contributed by atoms with Crippen molar-refractivity contribution in [2.75, 3.05) is 14.2 Å². The summed E-state index contributed by atoms with van der Waals surface area (Å²) in [5.74, 6) is 0.674. The lowest BCUT2D eigenvalue weighted by atomic mass is 10.1. The maximum Gasteiger partial charge on any atom is 0.157 e. The second-order valence-electron chi connectivity index (χ2n) is 3.73. The van der Waals surface area contributed by atoms with E-state index in [1.807, 2.05) is 0 Å². The van der Waals surface area contributed by atoms with Crippen molar-refractivity contribution in [2.24, 2.45) is 11.3 Å². The summed E-state index contributed by atoms with van der Waals surface area (Å²) in [6.07, 6.45) is 3.29. The second kappa shape index (κ2) is 3.11. The highest BCUT2D eigenvalue weighted by Crippen LogP contribution is 2.52. The molecule has 65 valence electrons. The van der Waals surface area contributed by atoms with Crippen molar-refractivity contribution in [1.29, 1.82) is 0 Å². The molecule has 0 saturated heterocycles. The molecule has 0 N–H and O–H groups in total. The average molecular weight is 157 g/mol. The normalized spacial score (nSPS) is 27.5. The molecule has 1 aliphatic rings. The molecule has 1 radical (unpaired) electrons. The lowest BCUT2D eigenvalue weighted by Crippen LogP contribution is -2.14. The Balaban J connectivity index is 2.21. The molecule has 1 aliphatic carbocycles. The molecule has 1 saturated carbocycles. The van der Waals surface area contributed by atoms with Crippen LogP contribution in [0.4, 0.5) is 0 Å². The molecule has 1 rings (SSSR count). The molecule has 11 heavy (non-hydrogen) atoms. The van der Waals surface area contributed by atoms with Gasteiger partial charge in [0.2, 0.25) is 0 Å². The predicted octanol–water partition coefficient (Wildman–Crippen LogP) is 1.86. The van der Waals surface area contributed by atoms with Crippen LogP contribution in [0, 0.1) is 17.8 Å². The van der Waals surface area contributed by atoms with Crippen molar-refractivity contribution in [3.63, 3.8) is 0 Å². The molecule has 1 atom stereocenters. The van der Waals surface area contributed by atoms with Gasteiger partial charge in [0, 0.05) is 20.6 Å². The predicted molar refractivity (Wildman–Crippen MR) is 44.0 cm³/mol. The van der Waals surface area contributed by atoms with Crippen molar-refractivity contribution < 1.29 is 9.47 Å². The topological polar surface area (TPSA) is 18.5 Å². The second-order valence-corrected chi connectivity index (χ2v) is 3.73. The largest absolute Gasteiger partial charge is 0.356 e. The van der Waals surface area contributed by atoms with Crippen LogP contribution in [0.1, 0.15) is 20.3 Å². The number of ether oxygens (including phenoxy) is 2. The van der Waals surface area contributed by atoms with Gasteiger partial charge in [-0.05, 0) is 17.8 Å². The molecule has 0 aromatic heterocycles. The maximum absolute atomic E-state index is 5.10. The summed E-state index contributed by atoms with van der Waals surface area (Å²) in [5.41, 5.74) is 0.412. The van der Waals surface area contributed by atoms with E-state index in [0.29, 0.717) is 11.3 Å². The third kappa shape index (κ3) is 2.17. The fraction of sp³-hybridized carbons (Fsp3) is 0.889. The van der Waals surface area contributed by atoms with Crippen LogP contribution in [0.3, 0.4) is 0 Å². The molecule has 1 fully saturated rings. The number of rotatable bonds is 4. The van der Waals surface area contributed by atoms with Crippen molar-refractivity contribution in [1.82, 2.24) is 0 Å². The Hall–Kier alpha value is -0.0800. The fourth-order valence-corrected chi connectivity index (χ4v) is 1.34. The molecule has 2 nitrogen and oxygen atoms in total. The Bertz CT molecular complexity index is 128. The summed E-state index contributed by atoms with van der Waals surface area (Å²) in [6.45, 7) is 4.47. The van der Waals surface area contributed by atoms with Crippen molar-refractivity contribution >= 4 is 0 Å². The highest BCUT2D eigenvalue weighted by molar-refractivity contribution is 5.13. The van der Waals surface area contributed by atoms with Crippen LogP contribution in [0.5, 0.6) is 0 Å². The smallest absolute Gasteiger partial charge is 0.157 e. The van der Waals surface area contributed by atoms with Crippen LogP contribution in [-0.2, 0) is 9.47 Å². The zero-order valence-corrected chi connectivity index (χ0v) is 7.76. The number of methoxy groups -OCH3 is 2. The van der Waals surface area contributed by atoms with Gasteiger partial charge in [-0.15, -0.1) is 0 Å². The summed E-state index contributed by atoms with van der Waals surface area (Å²) < 4.78 is 10.2. The van der Waals surface area contributed by atoms with E-state index in [1.165, 1.54) is 0 Å². The molecule has 0 bridgehead atoms. The summed E-state index contributed by atoms with van der Waals surface area (Å²) in [5, 5.41) is 0. The van der Waals surface area contributed by atoms with E-state index >= 15 is 0 Å². The lowest BCUT2D eigenvalue weighted by molar-refractivity contribution is -0.110. The maximum atomic E-state index is 5.10. The summed E-state index contributed by atoms with van der Waals surface area (Å²) >= 11 is 0. The Kier molecular flexibility index (Phi) is 2.55. The van der Waals surface area contributed by atoms with E-state index in [0.717, 1.165) is 6.42 Å². The molecule has 0 aromatic carbocycles. The van der Waals surface area contributed by atoms with Crippen molar-refractivity contribution in [3.8, 4) is 0 Å². The summed E-state index contributed by atoms with van der Waals surface area (Å²) in [7, 11) is 3.37. The minimum absolute atomic E-state index is 0.0296. The van der Waals surface area contributed by atoms with Gasteiger partial charge in [0.15, 0.2) is 6.29 Å². The molecule has 1 unspecified atom stereocenters. The van der Waals surface area contributed by atoms with Crippen LogP contribution in [0.25, 0.3) is 0 Å². The third-order valence-electron chi connectivity index (χ3n) is 2.45. The molecule has 2 heteroatoms. The van der Waals surface area contributed by atoms with Crippen LogP contribution >= 0.6 is 0 Å². The minimum atomic E-state index is -0.0296. The molecule has 0 aromatic rings. The molecule has 0 spiro atoms. The van der Waals surface area contributed by atoms with Gasteiger partial charge >= 0.3 is 0 Å². The van der Waals surface area contributed by atoms with E-state index in [2.05, 4.69) is 20.3 Å². The Morgan fingerprint density at radius 3 is 2.09 bits per heavy atom. The molecule has 0 heterocycles. The van der Waals surface area contributed by atoms with Gasteiger partial charge < -0.3 is 9.47 Å². The Labute approximate surface area is 68.9 Å². The number of hydrogen-bond donors (Lipinski definition) is 0. The first-order valence-electron chi connectivity index (χ1n) is 4.02. The van der Waals surface area contributed by atoms with Crippen LogP contribution in [-0.4, -0.2) is 20.5 Å². The van der Waals surface area contributed by atoms with Gasteiger partial charge in [-0.2, -0.15) is 0 Å². The lowest BCUT2D eigenvalue weighted by Gasteiger charge is -2.13. The van der Waals surface area contributed by atoms with E-state index in [4.69, 9.17) is 9.47 Å². The van der Waals surface area contributed by atoms with Crippen LogP contribution in [0.15, 0.2) is 0 Å². The average Bonchev–Trinajstić information content (AvgIpc) is 2.54. The zero-order valence-electron chi connectivity index (χ0n) is 7.76. The molecular formula is C9H17O2. The SMILES string of the molecule is COC(CC1[CH]C1(C)C)OC. The third-order valence-corrected chi connectivity index (χ3v) is 2.45. The first-order valence-corrected chi connectivity index (χ1v) is 4.02. The van der Waals surface area contributed by atoms with Gasteiger partial charge in [0.05, 0.1) is 0 Å². The first-order chi connectivity index (χ1) is 5.10. The highest BCUT2D eigenvalue weighted by Gasteiger charge is 2.46. The van der Waals surface area contributed by atoms with Gasteiger partial charge in [0.25, 0.3) is 0 Å². The summed E-state index contributed by atoms with van der Waals surface area (Å²) in [4.78, 5) is 0. The van der Waals surface area contributed by atoms with Gasteiger partial charge in [-0.25, -0.2) is 0 Å². The van der Waals surface area contributed by atoms with Crippen molar-refractivity contribution in [3.05, 3.63) is 6.42 Å². The Morgan fingerprint density at radius 1 is 1.36 bits per heavy atom. The fourth-order valence-electron chi connectivity index (χ4n) is 1.34. The monoisotopic (exact) mass is 157 g/mol. The van der Waals surface area contributed by atoms with Gasteiger partial charge in [-0.1, -0.05) is 13.8 Å². The van der Waals surface area contributed by atoms with Crippen LogP contribution < -0.4 is 0 Å². The standard InChI is InChI=1S/C9H17O2/c1-9(2)6-7(9)5-8(10-3)11-4/h6-8H,5H2,1-4H3. The Morgan fingerprint density at radius 2 is 1.82 bits per heavy atom. The van der Waals surface area contributed by atoms with E-state index in [-0.39, 0.29) is 6.29 Å². The van der Waals surface area contributed by atoms with Crippen LogP contribution in [0.2, 0.25) is 0 Å².